The molecule has 0 aromatic carbocycles. The lowest BCUT2D eigenvalue weighted by Crippen LogP contribution is -2.16. The van der Waals surface area contributed by atoms with E-state index >= 15 is 0 Å². The first-order valence-electron chi connectivity index (χ1n) is 8.54. The van der Waals surface area contributed by atoms with E-state index in [2.05, 4.69) is 27.9 Å². The third-order valence-electron chi connectivity index (χ3n) is 4.95. The largest absolute Gasteiger partial charge is 0.345 e. The molecule has 4 heteroatoms. The van der Waals surface area contributed by atoms with Crippen LogP contribution in [0.15, 0.2) is 36.8 Å². The van der Waals surface area contributed by atoms with Crippen LogP contribution < -0.4 is 0 Å². The van der Waals surface area contributed by atoms with E-state index in [1.165, 1.54) is 25.7 Å². The van der Waals surface area contributed by atoms with E-state index < -0.39 is 0 Å². The van der Waals surface area contributed by atoms with Crippen molar-refractivity contribution in [3.8, 4) is 11.3 Å². The highest BCUT2D eigenvalue weighted by molar-refractivity contribution is 5.74. The molecule has 3 heterocycles. The SMILES string of the molecule is C[C@@H]1CCC[C@@H](Cc2ncccc2-c2cnc3[nH]ccc3n2)C1. The van der Waals surface area contributed by atoms with Gasteiger partial charge < -0.3 is 4.98 Å². The maximum atomic E-state index is 4.74. The first kappa shape index (κ1) is 14.4. The number of pyridine rings is 1. The Balaban J connectivity index is 1.66. The highest BCUT2D eigenvalue weighted by atomic mass is 14.9. The van der Waals surface area contributed by atoms with Gasteiger partial charge in [-0.15, -0.1) is 0 Å². The van der Waals surface area contributed by atoms with Gasteiger partial charge in [0, 0.05) is 18.0 Å². The molecule has 0 unspecified atom stereocenters. The number of hydrogen-bond donors (Lipinski definition) is 1. The van der Waals surface area contributed by atoms with Crippen LogP contribution in [-0.4, -0.2) is 19.9 Å². The molecule has 4 rings (SSSR count). The van der Waals surface area contributed by atoms with E-state index in [4.69, 9.17) is 4.98 Å². The van der Waals surface area contributed by atoms with Crippen molar-refractivity contribution in [3.05, 3.63) is 42.5 Å². The Morgan fingerprint density at radius 3 is 3.09 bits per heavy atom. The standard InChI is InChI=1S/C19H22N4/c1-13-4-2-5-14(10-13)11-17-15(6-3-8-20-17)18-12-22-19-16(23-18)7-9-21-19/h3,6-9,12-14H,2,4-5,10-11H2,1H3,(H,21,22)/t13-,14-/m1/s1. The smallest absolute Gasteiger partial charge is 0.156 e. The van der Waals surface area contributed by atoms with Crippen molar-refractivity contribution in [2.45, 2.75) is 39.0 Å². The average molecular weight is 306 g/mol. The van der Waals surface area contributed by atoms with Crippen molar-refractivity contribution in [2.75, 3.05) is 0 Å². The van der Waals surface area contributed by atoms with Crippen LogP contribution in [0.2, 0.25) is 0 Å². The summed E-state index contributed by atoms with van der Waals surface area (Å²) in [4.78, 5) is 17.0. The van der Waals surface area contributed by atoms with Crippen LogP contribution >= 0.6 is 0 Å². The Morgan fingerprint density at radius 1 is 1.22 bits per heavy atom. The Kier molecular flexibility index (Phi) is 3.82. The van der Waals surface area contributed by atoms with Crippen LogP contribution in [0, 0.1) is 11.8 Å². The van der Waals surface area contributed by atoms with Gasteiger partial charge in [-0.1, -0.05) is 26.2 Å². The third-order valence-corrected chi connectivity index (χ3v) is 4.95. The van der Waals surface area contributed by atoms with Gasteiger partial charge in [0.2, 0.25) is 0 Å². The Bertz CT molecular complexity index is 808. The van der Waals surface area contributed by atoms with Crippen molar-refractivity contribution in [1.82, 2.24) is 19.9 Å². The molecule has 3 aromatic heterocycles. The predicted molar refractivity (Wildman–Crippen MR) is 91.9 cm³/mol. The lowest BCUT2D eigenvalue weighted by molar-refractivity contribution is 0.280. The van der Waals surface area contributed by atoms with Crippen molar-refractivity contribution < 1.29 is 0 Å². The summed E-state index contributed by atoms with van der Waals surface area (Å²) in [5, 5.41) is 0. The van der Waals surface area contributed by atoms with Gasteiger partial charge in [0.1, 0.15) is 5.52 Å². The predicted octanol–water partition coefficient (Wildman–Crippen LogP) is 4.39. The molecule has 1 aliphatic carbocycles. The molecule has 0 spiro atoms. The fourth-order valence-corrected chi connectivity index (χ4v) is 3.81. The molecule has 0 amide bonds. The normalized spacial score (nSPS) is 21.6. The molecule has 0 aliphatic heterocycles. The summed E-state index contributed by atoms with van der Waals surface area (Å²) < 4.78 is 0. The number of aromatic nitrogens is 4. The zero-order chi connectivity index (χ0) is 15.6. The Morgan fingerprint density at radius 2 is 2.17 bits per heavy atom. The maximum Gasteiger partial charge on any atom is 0.156 e. The summed E-state index contributed by atoms with van der Waals surface area (Å²) in [7, 11) is 0. The van der Waals surface area contributed by atoms with Gasteiger partial charge in [-0.2, -0.15) is 0 Å². The van der Waals surface area contributed by atoms with E-state index in [1.54, 1.807) is 0 Å². The van der Waals surface area contributed by atoms with Crippen molar-refractivity contribution >= 4 is 11.2 Å². The number of fused-ring (bicyclic) bond motifs is 1. The number of nitrogens with zero attached hydrogens (tertiary/aromatic N) is 3. The summed E-state index contributed by atoms with van der Waals surface area (Å²) >= 11 is 0. The molecular formula is C19H22N4. The minimum Gasteiger partial charge on any atom is -0.345 e. The summed E-state index contributed by atoms with van der Waals surface area (Å²) in [6.07, 6.45) is 12.0. The van der Waals surface area contributed by atoms with Gasteiger partial charge in [0.25, 0.3) is 0 Å². The molecule has 1 saturated carbocycles. The van der Waals surface area contributed by atoms with E-state index in [0.717, 1.165) is 46.4 Å². The van der Waals surface area contributed by atoms with Crippen LogP contribution in [0.3, 0.4) is 0 Å². The van der Waals surface area contributed by atoms with E-state index in [-0.39, 0.29) is 0 Å². The molecule has 23 heavy (non-hydrogen) atoms. The minimum absolute atomic E-state index is 0.747. The molecular weight excluding hydrogens is 284 g/mol. The summed E-state index contributed by atoms with van der Waals surface area (Å²) in [5.74, 6) is 1.59. The van der Waals surface area contributed by atoms with Crippen LogP contribution in [0.25, 0.3) is 22.4 Å². The van der Waals surface area contributed by atoms with Crippen LogP contribution in [0.1, 0.15) is 38.3 Å². The summed E-state index contributed by atoms with van der Waals surface area (Å²) in [6, 6.07) is 6.08. The van der Waals surface area contributed by atoms with Gasteiger partial charge >= 0.3 is 0 Å². The number of H-pyrrole nitrogens is 1. The monoisotopic (exact) mass is 306 g/mol. The van der Waals surface area contributed by atoms with Crippen LogP contribution in [0.4, 0.5) is 0 Å². The van der Waals surface area contributed by atoms with Crippen LogP contribution in [-0.2, 0) is 6.42 Å². The molecule has 2 atom stereocenters. The Labute approximate surface area is 136 Å². The average Bonchev–Trinajstić information content (AvgIpc) is 3.03. The molecule has 0 saturated heterocycles. The molecule has 4 nitrogen and oxygen atoms in total. The van der Waals surface area contributed by atoms with Gasteiger partial charge in [-0.25, -0.2) is 9.97 Å². The van der Waals surface area contributed by atoms with Crippen LogP contribution in [0.5, 0.6) is 0 Å². The fraction of sp³-hybridized carbons (Fsp3) is 0.421. The topological polar surface area (TPSA) is 54.5 Å². The quantitative estimate of drug-likeness (QED) is 0.781. The van der Waals surface area contributed by atoms with Gasteiger partial charge in [-0.3, -0.25) is 4.98 Å². The molecule has 1 N–H and O–H groups in total. The zero-order valence-corrected chi connectivity index (χ0v) is 13.5. The molecule has 0 radical (unpaired) electrons. The summed E-state index contributed by atoms with van der Waals surface area (Å²) in [6.45, 7) is 2.37. The first-order valence-corrected chi connectivity index (χ1v) is 8.54. The highest BCUT2D eigenvalue weighted by Crippen LogP contribution is 2.32. The van der Waals surface area contributed by atoms with Crippen molar-refractivity contribution in [2.24, 2.45) is 11.8 Å². The minimum atomic E-state index is 0.747. The zero-order valence-electron chi connectivity index (χ0n) is 13.5. The van der Waals surface area contributed by atoms with Crippen molar-refractivity contribution in [3.63, 3.8) is 0 Å². The molecule has 1 aliphatic rings. The lowest BCUT2D eigenvalue weighted by Gasteiger charge is -2.26. The number of aromatic amines is 1. The van der Waals surface area contributed by atoms with Gasteiger partial charge in [0.05, 0.1) is 17.6 Å². The van der Waals surface area contributed by atoms with Gasteiger partial charge in [0.15, 0.2) is 5.65 Å². The lowest BCUT2D eigenvalue weighted by atomic mass is 9.80. The molecule has 0 bridgehead atoms. The molecule has 118 valence electrons. The second-order valence-electron chi connectivity index (χ2n) is 6.81. The van der Waals surface area contributed by atoms with Gasteiger partial charge in [-0.05, 0) is 42.9 Å². The molecule has 1 fully saturated rings. The number of nitrogens with one attached hydrogen (secondary N) is 1. The summed E-state index contributed by atoms with van der Waals surface area (Å²) in [5.41, 5.74) is 4.95. The Hall–Kier alpha value is -2.23. The third kappa shape index (κ3) is 2.98. The maximum absolute atomic E-state index is 4.74. The first-order chi connectivity index (χ1) is 11.3. The van der Waals surface area contributed by atoms with E-state index in [1.807, 2.05) is 30.7 Å². The fourth-order valence-electron chi connectivity index (χ4n) is 3.81. The van der Waals surface area contributed by atoms with Crippen molar-refractivity contribution in [1.29, 1.82) is 0 Å². The highest BCUT2D eigenvalue weighted by Gasteiger charge is 2.21. The molecule has 3 aromatic rings. The number of hydrogen-bond acceptors (Lipinski definition) is 3. The second kappa shape index (κ2) is 6.11. The second-order valence-corrected chi connectivity index (χ2v) is 6.81. The van der Waals surface area contributed by atoms with E-state index in [0.29, 0.717) is 0 Å². The number of rotatable bonds is 3. The van der Waals surface area contributed by atoms with E-state index in [9.17, 15) is 0 Å².